The van der Waals surface area contributed by atoms with E-state index in [9.17, 15) is 4.79 Å². The minimum absolute atomic E-state index is 0.140. The summed E-state index contributed by atoms with van der Waals surface area (Å²) in [7, 11) is 1.20. The molecule has 1 rings (SSSR count). The van der Waals surface area contributed by atoms with Crippen LogP contribution in [0.25, 0.3) is 0 Å². The van der Waals surface area contributed by atoms with Gasteiger partial charge in [0.1, 0.15) is 11.9 Å². The number of carbonyl (C=O) groups is 1. The van der Waals surface area contributed by atoms with Crippen molar-refractivity contribution in [3.8, 4) is 6.07 Å². The molecule has 5 nitrogen and oxygen atoms in total. The number of pyridine rings is 1. The summed E-state index contributed by atoms with van der Waals surface area (Å²) in [5, 5.41) is 11.8. The van der Waals surface area contributed by atoms with Gasteiger partial charge in [-0.2, -0.15) is 5.26 Å². The average molecular weight is 238 g/mol. The molecule has 0 aliphatic carbocycles. The minimum atomic E-state index is -0.705. The van der Waals surface area contributed by atoms with Gasteiger partial charge in [-0.15, -0.1) is 0 Å². The van der Waals surface area contributed by atoms with Crippen LogP contribution in [0.3, 0.4) is 0 Å². The van der Waals surface area contributed by atoms with Crippen LogP contribution >= 0.6 is 11.6 Å². The number of ether oxygens (including phenoxy) is 1. The Balaban J connectivity index is 2.75. The molecule has 1 heterocycles. The Morgan fingerprint density at radius 2 is 2.44 bits per heavy atom. The Morgan fingerprint density at radius 1 is 1.69 bits per heavy atom. The number of carbonyl (C=O) groups excluding carboxylic acids is 1. The highest BCUT2D eigenvalue weighted by Crippen LogP contribution is 2.09. The molecule has 0 unspecified atom stereocenters. The maximum atomic E-state index is 11.0. The second-order valence-corrected chi connectivity index (χ2v) is 3.10. The summed E-state index contributed by atoms with van der Waals surface area (Å²) in [4.78, 5) is 14.9. The molecule has 16 heavy (non-hydrogen) atoms. The van der Waals surface area contributed by atoms with Crippen molar-refractivity contribution in [1.82, 2.24) is 4.98 Å². The molecule has 0 spiro atoms. The van der Waals surface area contributed by atoms with Gasteiger partial charge < -0.3 is 10.1 Å². The Kier molecular flexibility index (Phi) is 4.30. The van der Waals surface area contributed by atoms with Gasteiger partial charge in [0.05, 0.1) is 12.1 Å². The van der Waals surface area contributed by atoms with Gasteiger partial charge in [-0.3, -0.25) is 0 Å². The summed E-state index contributed by atoms with van der Waals surface area (Å²) >= 11 is 5.64. The zero-order valence-electron chi connectivity index (χ0n) is 8.40. The Bertz CT molecular complexity index is 448. The van der Waals surface area contributed by atoms with E-state index >= 15 is 0 Å². The van der Waals surface area contributed by atoms with Crippen molar-refractivity contribution in [2.45, 2.75) is 0 Å². The summed E-state index contributed by atoms with van der Waals surface area (Å²) in [6.07, 6.45) is 2.67. The molecule has 1 aromatic rings. The van der Waals surface area contributed by atoms with Crippen LogP contribution in [-0.4, -0.2) is 18.1 Å². The molecule has 0 aliphatic heterocycles. The van der Waals surface area contributed by atoms with E-state index < -0.39 is 5.97 Å². The largest absolute Gasteiger partial charge is 0.465 e. The summed E-state index contributed by atoms with van der Waals surface area (Å²) in [5.41, 5.74) is -0.140. The van der Waals surface area contributed by atoms with Crippen molar-refractivity contribution >= 4 is 23.4 Å². The van der Waals surface area contributed by atoms with Crippen molar-refractivity contribution in [2.75, 3.05) is 12.4 Å². The quantitative estimate of drug-likeness (QED) is 0.492. The van der Waals surface area contributed by atoms with E-state index in [0.29, 0.717) is 10.8 Å². The lowest BCUT2D eigenvalue weighted by molar-refractivity contribution is -0.135. The highest BCUT2D eigenvalue weighted by molar-refractivity contribution is 6.30. The maximum absolute atomic E-state index is 11.0. The van der Waals surface area contributed by atoms with E-state index in [1.165, 1.54) is 19.5 Å². The summed E-state index contributed by atoms with van der Waals surface area (Å²) in [6, 6.07) is 4.95. The SMILES string of the molecule is COC(=O)C(C#N)=CNc1ccc(Cl)cn1. The summed E-state index contributed by atoms with van der Waals surface area (Å²) in [6.45, 7) is 0. The fourth-order valence-corrected chi connectivity index (χ4v) is 0.966. The lowest BCUT2D eigenvalue weighted by atomic mass is 10.3. The van der Waals surface area contributed by atoms with Gasteiger partial charge in [-0.05, 0) is 12.1 Å². The first kappa shape index (κ1) is 12.0. The standard InChI is InChI=1S/C10H8ClN3O2/c1-16-10(15)7(4-12)5-13-9-3-2-8(11)6-14-9/h2-3,5-6H,1H3,(H,13,14). The molecule has 0 aliphatic rings. The molecule has 0 aromatic carbocycles. The second kappa shape index (κ2) is 5.73. The molecule has 6 heteroatoms. The number of methoxy groups -OCH3 is 1. The summed E-state index contributed by atoms with van der Waals surface area (Å²) < 4.78 is 4.40. The van der Waals surface area contributed by atoms with E-state index in [1.54, 1.807) is 18.2 Å². The third kappa shape index (κ3) is 3.26. The summed E-state index contributed by atoms with van der Waals surface area (Å²) in [5.74, 6) is -0.231. The number of anilines is 1. The van der Waals surface area contributed by atoms with Crippen molar-refractivity contribution in [2.24, 2.45) is 0 Å². The molecule has 1 N–H and O–H groups in total. The lowest BCUT2D eigenvalue weighted by Crippen LogP contribution is -2.05. The molecule has 0 saturated carbocycles. The van der Waals surface area contributed by atoms with Gasteiger partial charge >= 0.3 is 5.97 Å². The van der Waals surface area contributed by atoms with E-state index in [2.05, 4.69) is 15.0 Å². The number of nitriles is 1. The minimum Gasteiger partial charge on any atom is -0.465 e. The third-order valence-corrected chi connectivity index (χ3v) is 1.84. The lowest BCUT2D eigenvalue weighted by Gasteiger charge is -2.00. The molecule has 0 bridgehead atoms. The number of nitrogens with zero attached hydrogens (tertiary/aromatic N) is 2. The van der Waals surface area contributed by atoms with E-state index in [-0.39, 0.29) is 5.57 Å². The first-order valence-corrected chi connectivity index (χ1v) is 4.62. The number of nitrogens with one attached hydrogen (secondary N) is 1. The van der Waals surface area contributed by atoms with Crippen LogP contribution in [0.1, 0.15) is 0 Å². The predicted molar refractivity (Wildman–Crippen MR) is 58.6 cm³/mol. The molecule has 0 fully saturated rings. The molecule has 0 saturated heterocycles. The highest BCUT2D eigenvalue weighted by atomic mass is 35.5. The van der Waals surface area contributed by atoms with E-state index in [4.69, 9.17) is 16.9 Å². The molecule has 0 amide bonds. The zero-order valence-corrected chi connectivity index (χ0v) is 9.15. The Morgan fingerprint density at radius 3 is 2.94 bits per heavy atom. The Hall–Kier alpha value is -2.06. The van der Waals surface area contributed by atoms with Gasteiger partial charge in [0.2, 0.25) is 0 Å². The molecular formula is C10H8ClN3O2. The van der Waals surface area contributed by atoms with E-state index in [1.807, 2.05) is 0 Å². The number of esters is 1. The van der Waals surface area contributed by atoms with Crippen molar-refractivity contribution in [1.29, 1.82) is 5.26 Å². The maximum Gasteiger partial charge on any atom is 0.350 e. The number of halogens is 1. The highest BCUT2D eigenvalue weighted by Gasteiger charge is 2.07. The predicted octanol–water partition coefficient (Wildman–Crippen LogP) is 1.73. The van der Waals surface area contributed by atoms with Gasteiger partial charge in [0.25, 0.3) is 0 Å². The van der Waals surface area contributed by atoms with Crippen LogP contribution < -0.4 is 5.32 Å². The topological polar surface area (TPSA) is 75.0 Å². The fourth-order valence-electron chi connectivity index (χ4n) is 0.854. The number of aromatic nitrogens is 1. The molecule has 1 aromatic heterocycles. The molecule has 0 atom stereocenters. The van der Waals surface area contributed by atoms with Crippen LogP contribution in [0.15, 0.2) is 30.1 Å². The van der Waals surface area contributed by atoms with E-state index in [0.717, 1.165) is 0 Å². The smallest absolute Gasteiger partial charge is 0.350 e. The van der Waals surface area contributed by atoms with Gasteiger partial charge in [0, 0.05) is 12.4 Å². The first-order valence-electron chi connectivity index (χ1n) is 4.24. The zero-order chi connectivity index (χ0) is 12.0. The monoisotopic (exact) mass is 237 g/mol. The average Bonchev–Trinajstić information content (AvgIpc) is 2.31. The van der Waals surface area contributed by atoms with Crippen molar-refractivity contribution in [3.63, 3.8) is 0 Å². The van der Waals surface area contributed by atoms with Gasteiger partial charge in [-0.25, -0.2) is 9.78 Å². The van der Waals surface area contributed by atoms with Crippen LogP contribution in [0.2, 0.25) is 5.02 Å². The Labute approximate surface area is 97.3 Å². The number of rotatable bonds is 3. The van der Waals surface area contributed by atoms with Crippen LogP contribution in [-0.2, 0) is 9.53 Å². The van der Waals surface area contributed by atoms with Crippen LogP contribution in [0, 0.1) is 11.3 Å². The molecule has 82 valence electrons. The first-order chi connectivity index (χ1) is 7.67. The van der Waals surface area contributed by atoms with Crippen LogP contribution in [0.5, 0.6) is 0 Å². The third-order valence-electron chi connectivity index (χ3n) is 1.62. The van der Waals surface area contributed by atoms with Gasteiger partial charge in [-0.1, -0.05) is 11.6 Å². The molecule has 0 radical (unpaired) electrons. The van der Waals surface area contributed by atoms with Crippen molar-refractivity contribution < 1.29 is 9.53 Å². The fraction of sp³-hybridized carbons (Fsp3) is 0.100. The van der Waals surface area contributed by atoms with Crippen LogP contribution in [0.4, 0.5) is 5.82 Å². The number of hydrogen-bond acceptors (Lipinski definition) is 5. The second-order valence-electron chi connectivity index (χ2n) is 2.67. The normalized spacial score (nSPS) is 10.4. The van der Waals surface area contributed by atoms with Crippen molar-refractivity contribution in [3.05, 3.63) is 35.1 Å². The molecular weight excluding hydrogens is 230 g/mol. The number of hydrogen-bond donors (Lipinski definition) is 1. The van der Waals surface area contributed by atoms with Gasteiger partial charge in [0.15, 0.2) is 5.57 Å².